The smallest absolute Gasteiger partial charge is 0.345 e. The molecule has 5 rings (SSSR count). The summed E-state index contributed by atoms with van der Waals surface area (Å²) in [4.78, 5) is 44.2. The molecule has 2 aliphatic heterocycles. The van der Waals surface area contributed by atoms with E-state index in [4.69, 9.17) is 42.1 Å². The summed E-state index contributed by atoms with van der Waals surface area (Å²) in [6, 6.07) is 7.19. The lowest BCUT2D eigenvalue weighted by atomic mass is 9.75. The van der Waals surface area contributed by atoms with Crippen LogP contribution in [-0.2, 0) is 32.1 Å². The highest BCUT2D eigenvalue weighted by molar-refractivity contribution is 6.31. The fraction of sp³-hybridized carbons (Fsp3) is 0.528. The Kier molecular flexibility index (Phi) is 12.4. The van der Waals surface area contributed by atoms with Gasteiger partial charge in [-0.1, -0.05) is 18.0 Å². The number of hydrogen-bond acceptors (Lipinski definition) is 10. The van der Waals surface area contributed by atoms with E-state index in [0.717, 1.165) is 5.01 Å². The Balaban J connectivity index is 1.47. The number of carbonyl (C=O) groups is 3. The Bertz CT molecular complexity index is 1690. The molecule has 0 radical (unpaired) electrons. The van der Waals surface area contributed by atoms with Gasteiger partial charge in [0.2, 0.25) is 17.5 Å². The van der Waals surface area contributed by atoms with E-state index < -0.39 is 48.2 Å². The van der Waals surface area contributed by atoms with Gasteiger partial charge in [0.1, 0.15) is 36.2 Å². The van der Waals surface area contributed by atoms with Gasteiger partial charge in [0.25, 0.3) is 6.43 Å². The number of halogens is 4. The number of nitrogens with zero attached hydrogens (tertiary/aromatic N) is 3. The van der Waals surface area contributed by atoms with E-state index in [0.29, 0.717) is 65.4 Å². The second-order valence-corrected chi connectivity index (χ2v) is 13.6. The van der Waals surface area contributed by atoms with Crippen molar-refractivity contribution in [3.05, 3.63) is 63.4 Å². The molecule has 2 aromatic rings. The number of rotatable bonds is 13. The van der Waals surface area contributed by atoms with Crippen LogP contribution in [-0.4, -0.2) is 92.2 Å². The number of methoxy groups -OCH3 is 2. The average molecular weight is 752 g/mol. The van der Waals surface area contributed by atoms with Crippen LogP contribution in [0.4, 0.5) is 13.2 Å². The quantitative estimate of drug-likeness (QED) is 0.168. The van der Waals surface area contributed by atoms with E-state index in [1.807, 2.05) is 0 Å². The van der Waals surface area contributed by atoms with Crippen LogP contribution in [0.1, 0.15) is 61.3 Å². The van der Waals surface area contributed by atoms with Crippen molar-refractivity contribution in [3.63, 3.8) is 0 Å². The zero-order valence-electron chi connectivity index (χ0n) is 29.5. The van der Waals surface area contributed by atoms with Gasteiger partial charge < -0.3 is 39.5 Å². The molecule has 3 aliphatic rings. The Labute approximate surface area is 305 Å². The number of benzene rings is 2. The maximum absolute atomic E-state index is 17.1. The third-order valence-corrected chi connectivity index (χ3v) is 10.4. The summed E-state index contributed by atoms with van der Waals surface area (Å²) < 4.78 is 66.7. The first-order valence-corrected chi connectivity index (χ1v) is 17.5. The Hall–Kier alpha value is -4.37. The molecular weight excluding hydrogens is 707 g/mol. The topological polar surface area (TPSA) is 150 Å². The summed E-state index contributed by atoms with van der Waals surface area (Å²) >= 11 is 6.67. The predicted molar refractivity (Wildman–Crippen MR) is 185 cm³/mol. The van der Waals surface area contributed by atoms with Crippen LogP contribution in [0.25, 0.3) is 0 Å². The number of ether oxygens (including phenoxy) is 4. The van der Waals surface area contributed by atoms with Crippen LogP contribution in [0.2, 0.25) is 5.02 Å². The van der Waals surface area contributed by atoms with E-state index in [1.54, 1.807) is 35.2 Å². The normalized spacial score (nSPS) is 22.1. The second-order valence-electron chi connectivity index (χ2n) is 13.2. The second kappa shape index (κ2) is 16.5. The summed E-state index contributed by atoms with van der Waals surface area (Å²) in [6.45, 7) is -0.167. The monoisotopic (exact) mass is 751 g/mol. The van der Waals surface area contributed by atoms with Gasteiger partial charge in [0.05, 0.1) is 31.9 Å². The number of alkyl halides is 3. The third kappa shape index (κ3) is 7.99. The fourth-order valence-electron chi connectivity index (χ4n) is 7.35. The molecule has 2 fully saturated rings. The molecule has 2 heterocycles. The first-order valence-electron chi connectivity index (χ1n) is 17.1. The molecular formula is C36H45ClF3N5O7. The Morgan fingerprint density at radius 3 is 2.50 bits per heavy atom. The van der Waals surface area contributed by atoms with Gasteiger partial charge in [-0.25, -0.2) is 23.8 Å². The highest BCUT2D eigenvalue weighted by Crippen LogP contribution is 2.45. The minimum atomic E-state index is -2.97. The number of likely N-dealkylation sites (tertiary alicyclic amines) is 1. The predicted octanol–water partition coefficient (Wildman–Crippen LogP) is 4.67. The Morgan fingerprint density at radius 2 is 1.85 bits per heavy atom. The number of nitrogens with two attached hydrogens (primary N) is 2. The van der Waals surface area contributed by atoms with E-state index in [2.05, 4.69) is 0 Å². The minimum Gasteiger partial charge on any atom is -0.497 e. The number of esters is 1. The van der Waals surface area contributed by atoms with Crippen molar-refractivity contribution in [2.75, 3.05) is 47.5 Å². The minimum absolute atomic E-state index is 0.0428. The lowest BCUT2D eigenvalue weighted by Gasteiger charge is -2.44. The van der Waals surface area contributed by atoms with Crippen LogP contribution < -0.4 is 25.8 Å². The van der Waals surface area contributed by atoms with Gasteiger partial charge in [0, 0.05) is 55.3 Å². The highest BCUT2D eigenvalue weighted by Gasteiger charge is 2.55. The van der Waals surface area contributed by atoms with Crippen LogP contribution in [0.3, 0.4) is 0 Å². The molecule has 1 aliphatic carbocycles. The molecule has 16 heteroatoms. The lowest BCUT2D eigenvalue weighted by Crippen LogP contribution is -2.55. The molecule has 1 saturated carbocycles. The maximum Gasteiger partial charge on any atom is 0.345 e. The number of fused-ring (bicyclic) bond motifs is 1. The molecule has 2 aromatic carbocycles. The van der Waals surface area contributed by atoms with E-state index in [-0.39, 0.29) is 56.3 Å². The molecule has 284 valence electrons. The summed E-state index contributed by atoms with van der Waals surface area (Å²) in [5, 5.41) is 1.09. The summed E-state index contributed by atoms with van der Waals surface area (Å²) in [5.41, 5.74) is 4.01. The van der Waals surface area contributed by atoms with Crippen molar-refractivity contribution in [1.29, 1.82) is 0 Å². The van der Waals surface area contributed by atoms with Gasteiger partial charge in [-0.05, 0) is 61.9 Å². The lowest BCUT2D eigenvalue weighted by molar-refractivity contribution is -0.173. The van der Waals surface area contributed by atoms with Crippen molar-refractivity contribution < 1.29 is 46.5 Å². The van der Waals surface area contributed by atoms with E-state index in [1.165, 1.54) is 26.2 Å². The van der Waals surface area contributed by atoms with Gasteiger partial charge >= 0.3 is 5.97 Å². The zero-order valence-corrected chi connectivity index (χ0v) is 30.2. The molecule has 0 spiro atoms. The van der Waals surface area contributed by atoms with Crippen LogP contribution >= 0.6 is 11.6 Å². The number of hydrazine groups is 1. The van der Waals surface area contributed by atoms with Crippen LogP contribution in [0, 0.1) is 5.92 Å². The number of carbonyl (C=O) groups excluding carboxylic acids is 3. The van der Waals surface area contributed by atoms with Crippen LogP contribution in [0.5, 0.6) is 17.2 Å². The molecule has 52 heavy (non-hydrogen) atoms. The first kappa shape index (κ1) is 38.9. The van der Waals surface area contributed by atoms with Crippen molar-refractivity contribution >= 4 is 29.4 Å². The van der Waals surface area contributed by atoms with Gasteiger partial charge in [-0.15, -0.1) is 0 Å². The van der Waals surface area contributed by atoms with Crippen molar-refractivity contribution in [2.24, 2.45) is 17.5 Å². The van der Waals surface area contributed by atoms with E-state index in [9.17, 15) is 23.2 Å². The number of allylic oxidation sites excluding steroid dienone is 1. The summed E-state index contributed by atoms with van der Waals surface area (Å²) in [7, 11) is 4.18. The standard InChI is InChI=1S/C36H45ClF3N5O7/c1-43(42)32(33(38)39)26(41)20-51-28-12-11-25(37)23-13-16-45(27(31(23)28)18-44-15-6-8-30(44)46)34(47)24-7-4-5-14-36(24,40)35(48)52-19-21-9-10-22(49-2)17-29(21)50-3/h9-12,17,24,27,33H,4-8,13-16,18-20,41-42H2,1-3H3/b32-26-/t24-,27+,36+/m0/s1. The summed E-state index contributed by atoms with van der Waals surface area (Å²) in [5.74, 6) is 3.45. The van der Waals surface area contributed by atoms with Crippen molar-refractivity contribution in [2.45, 2.75) is 69.7 Å². The SMILES string of the molecule is COc1ccc(COC(=O)[C@@]2(F)CCCC[C@H]2C(=O)N2CCc3c(Cl)ccc(OC/C(N)=C(\C(F)F)N(C)N)c3[C@H]2CN2CCCC2=O)c(OC)c1. The average Bonchev–Trinajstić information content (AvgIpc) is 3.53. The summed E-state index contributed by atoms with van der Waals surface area (Å²) in [6.07, 6.45) is -1.01. The third-order valence-electron chi connectivity index (χ3n) is 10.0. The van der Waals surface area contributed by atoms with Crippen molar-refractivity contribution in [1.82, 2.24) is 14.8 Å². The fourth-order valence-corrected chi connectivity index (χ4v) is 7.61. The van der Waals surface area contributed by atoms with Gasteiger partial charge in [0.15, 0.2) is 0 Å². The molecule has 0 bridgehead atoms. The van der Waals surface area contributed by atoms with E-state index >= 15 is 4.39 Å². The number of amides is 2. The molecule has 12 nitrogen and oxygen atoms in total. The molecule has 4 N–H and O–H groups in total. The van der Waals surface area contributed by atoms with Crippen molar-refractivity contribution in [3.8, 4) is 17.2 Å². The molecule has 2 amide bonds. The van der Waals surface area contributed by atoms with Gasteiger partial charge in [-0.3, -0.25) is 9.59 Å². The first-order chi connectivity index (χ1) is 24.8. The number of hydrogen-bond donors (Lipinski definition) is 2. The molecule has 1 saturated heterocycles. The Morgan fingerprint density at radius 1 is 1.08 bits per heavy atom. The molecule has 3 atom stereocenters. The van der Waals surface area contributed by atoms with Crippen LogP contribution in [0.15, 0.2) is 41.7 Å². The molecule has 0 aromatic heterocycles. The van der Waals surface area contributed by atoms with Gasteiger partial charge in [-0.2, -0.15) is 0 Å². The highest BCUT2D eigenvalue weighted by atomic mass is 35.5. The largest absolute Gasteiger partial charge is 0.497 e. The maximum atomic E-state index is 17.1. The zero-order chi connectivity index (χ0) is 37.7. The molecule has 0 unspecified atom stereocenters.